The van der Waals surface area contributed by atoms with Crippen molar-refractivity contribution in [2.45, 2.75) is 26.4 Å². The molecule has 1 heterocycles. The lowest BCUT2D eigenvalue weighted by Gasteiger charge is -2.10. The first-order valence-electron chi connectivity index (χ1n) is 8.29. The summed E-state index contributed by atoms with van der Waals surface area (Å²) in [5.74, 6) is 1.48. The number of carbonyl (C=O) groups excluding carboxylic acids is 1. The second-order valence-electron chi connectivity index (χ2n) is 5.95. The molecule has 0 spiro atoms. The van der Waals surface area contributed by atoms with Gasteiger partial charge >= 0.3 is 0 Å². The van der Waals surface area contributed by atoms with E-state index in [4.69, 9.17) is 14.7 Å². The summed E-state index contributed by atoms with van der Waals surface area (Å²) in [6, 6.07) is 12.5. The minimum Gasteiger partial charge on any atom is -0.493 e. The molecular weight excluding hydrogens is 314 g/mol. The number of ether oxygens (including phenoxy) is 2. The summed E-state index contributed by atoms with van der Waals surface area (Å²) in [6.45, 7) is 4.52. The standard InChI is InChI=1S/C21H19NO3/c1-3-24-20-12-18-10-14(2)25-21(18)11-17(20)8-9-19(23)16-6-4-15(13-22)5-7-16/h4-9,11-12,14H,3,10H2,1-2H3/b9-8+. The summed E-state index contributed by atoms with van der Waals surface area (Å²) >= 11 is 0. The average Bonchev–Trinajstić information content (AvgIpc) is 2.98. The summed E-state index contributed by atoms with van der Waals surface area (Å²) in [5.41, 5.74) is 3.02. The third kappa shape index (κ3) is 3.72. The molecule has 0 saturated heterocycles. The van der Waals surface area contributed by atoms with Crippen LogP contribution in [0.1, 0.15) is 40.9 Å². The van der Waals surface area contributed by atoms with Crippen LogP contribution in [0.3, 0.4) is 0 Å². The number of hydrogen-bond donors (Lipinski definition) is 0. The Bertz CT molecular complexity index is 860. The highest BCUT2D eigenvalue weighted by atomic mass is 16.5. The van der Waals surface area contributed by atoms with Crippen molar-refractivity contribution in [2.24, 2.45) is 0 Å². The van der Waals surface area contributed by atoms with Gasteiger partial charge in [-0.25, -0.2) is 0 Å². The summed E-state index contributed by atoms with van der Waals surface area (Å²) in [7, 11) is 0. The first kappa shape index (κ1) is 16.8. The second kappa shape index (κ2) is 7.23. The number of nitrogens with zero attached hydrogens (tertiary/aromatic N) is 1. The van der Waals surface area contributed by atoms with Gasteiger partial charge in [-0.2, -0.15) is 5.26 Å². The molecule has 0 bridgehead atoms. The van der Waals surface area contributed by atoms with Crippen molar-refractivity contribution >= 4 is 11.9 Å². The maximum absolute atomic E-state index is 12.3. The van der Waals surface area contributed by atoms with Crippen LogP contribution >= 0.6 is 0 Å². The van der Waals surface area contributed by atoms with Gasteiger partial charge in [-0.3, -0.25) is 4.79 Å². The second-order valence-corrected chi connectivity index (χ2v) is 5.95. The quantitative estimate of drug-likeness (QED) is 0.608. The molecule has 1 unspecified atom stereocenters. The fourth-order valence-electron chi connectivity index (χ4n) is 2.84. The Morgan fingerprint density at radius 3 is 2.80 bits per heavy atom. The predicted molar refractivity (Wildman–Crippen MR) is 95.9 cm³/mol. The molecular formula is C21H19NO3. The van der Waals surface area contributed by atoms with Crippen LogP contribution in [0.15, 0.2) is 42.5 Å². The van der Waals surface area contributed by atoms with Crippen LogP contribution in [0.25, 0.3) is 6.08 Å². The molecule has 0 N–H and O–H groups in total. The van der Waals surface area contributed by atoms with Crippen LogP contribution in [0.4, 0.5) is 0 Å². The summed E-state index contributed by atoms with van der Waals surface area (Å²) < 4.78 is 11.5. The van der Waals surface area contributed by atoms with E-state index in [0.29, 0.717) is 17.7 Å². The van der Waals surface area contributed by atoms with E-state index in [1.165, 1.54) is 6.08 Å². The summed E-state index contributed by atoms with van der Waals surface area (Å²) in [6.07, 6.45) is 4.29. The van der Waals surface area contributed by atoms with Gasteiger partial charge in [-0.1, -0.05) is 0 Å². The van der Waals surface area contributed by atoms with E-state index in [1.807, 2.05) is 32.0 Å². The lowest BCUT2D eigenvalue weighted by Crippen LogP contribution is -2.05. The first-order chi connectivity index (χ1) is 12.1. The van der Waals surface area contributed by atoms with E-state index in [1.54, 1.807) is 30.3 Å². The topological polar surface area (TPSA) is 59.3 Å². The normalized spacial score (nSPS) is 15.5. The molecule has 1 aliphatic rings. The van der Waals surface area contributed by atoms with Gasteiger partial charge in [-0.05, 0) is 62.4 Å². The maximum atomic E-state index is 12.3. The Kier molecular flexibility index (Phi) is 4.85. The number of carbonyl (C=O) groups is 1. The number of ketones is 1. The third-order valence-corrected chi connectivity index (χ3v) is 4.04. The molecule has 3 rings (SSSR count). The molecule has 0 fully saturated rings. The smallest absolute Gasteiger partial charge is 0.185 e. The molecule has 1 aliphatic heterocycles. The van der Waals surface area contributed by atoms with Gasteiger partial charge in [0.1, 0.15) is 17.6 Å². The van der Waals surface area contributed by atoms with Gasteiger partial charge in [0.25, 0.3) is 0 Å². The predicted octanol–water partition coefficient (Wildman–Crippen LogP) is 4.18. The van der Waals surface area contributed by atoms with Crippen molar-refractivity contribution in [3.63, 3.8) is 0 Å². The molecule has 1 atom stereocenters. The van der Waals surface area contributed by atoms with E-state index in [2.05, 4.69) is 0 Å². The number of benzene rings is 2. The van der Waals surface area contributed by atoms with E-state index in [-0.39, 0.29) is 11.9 Å². The van der Waals surface area contributed by atoms with Gasteiger partial charge in [0, 0.05) is 23.1 Å². The zero-order valence-corrected chi connectivity index (χ0v) is 14.3. The van der Waals surface area contributed by atoms with Gasteiger partial charge in [0.05, 0.1) is 18.2 Å². The summed E-state index contributed by atoms with van der Waals surface area (Å²) in [4.78, 5) is 12.3. The largest absolute Gasteiger partial charge is 0.493 e. The van der Waals surface area contributed by atoms with E-state index < -0.39 is 0 Å². The molecule has 0 radical (unpaired) electrons. The number of allylic oxidation sites excluding steroid dienone is 1. The van der Waals surface area contributed by atoms with Gasteiger partial charge in [-0.15, -0.1) is 0 Å². The van der Waals surface area contributed by atoms with E-state index in [0.717, 1.165) is 29.0 Å². The molecule has 0 saturated carbocycles. The van der Waals surface area contributed by atoms with Crippen LogP contribution in [0, 0.1) is 11.3 Å². The zero-order valence-electron chi connectivity index (χ0n) is 14.3. The summed E-state index contributed by atoms with van der Waals surface area (Å²) in [5, 5.41) is 8.82. The fourth-order valence-corrected chi connectivity index (χ4v) is 2.84. The highest BCUT2D eigenvalue weighted by Gasteiger charge is 2.21. The van der Waals surface area contributed by atoms with Gasteiger partial charge < -0.3 is 9.47 Å². The average molecular weight is 333 g/mol. The van der Waals surface area contributed by atoms with Crippen LogP contribution < -0.4 is 9.47 Å². The highest BCUT2D eigenvalue weighted by Crippen LogP contribution is 2.35. The maximum Gasteiger partial charge on any atom is 0.185 e. The molecule has 2 aromatic carbocycles. The minimum atomic E-state index is -0.123. The Morgan fingerprint density at radius 2 is 2.12 bits per heavy atom. The number of hydrogen-bond acceptors (Lipinski definition) is 4. The van der Waals surface area contributed by atoms with Crippen molar-refractivity contribution in [1.82, 2.24) is 0 Å². The van der Waals surface area contributed by atoms with Gasteiger partial charge in [0.2, 0.25) is 0 Å². The fraction of sp³-hybridized carbons (Fsp3) is 0.238. The van der Waals surface area contributed by atoms with Crippen molar-refractivity contribution in [3.05, 3.63) is 64.7 Å². The molecule has 0 aromatic heterocycles. The molecule has 4 nitrogen and oxygen atoms in total. The highest BCUT2D eigenvalue weighted by molar-refractivity contribution is 6.07. The molecule has 0 amide bonds. The van der Waals surface area contributed by atoms with Crippen LogP contribution in [0.2, 0.25) is 0 Å². The first-order valence-corrected chi connectivity index (χ1v) is 8.29. The zero-order chi connectivity index (χ0) is 17.8. The SMILES string of the molecule is CCOc1cc2c(cc1/C=C/C(=O)c1ccc(C#N)cc1)OC(C)C2. The molecule has 2 aromatic rings. The Balaban J connectivity index is 1.85. The monoisotopic (exact) mass is 333 g/mol. The number of fused-ring (bicyclic) bond motifs is 1. The molecule has 0 aliphatic carbocycles. The minimum absolute atomic E-state index is 0.123. The Morgan fingerprint density at radius 1 is 1.36 bits per heavy atom. The van der Waals surface area contributed by atoms with Crippen molar-refractivity contribution in [1.29, 1.82) is 5.26 Å². The van der Waals surface area contributed by atoms with Crippen LogP contribution in [0.5, 0.6) is 11.5 Å². The van der Waals surface area contributed by atoms with Gasteiger partial charge in [0.15, 0.2) is 5.78 Å². The van der Waals surface area contributed by atoms with Crippen LogP contribution in [-0.2, 0) is 6.42 Å². The van der Waals surface area contributed by atoms with Crippen LogP contribution in [-0.4, -0.2) is 18.5 Å². The molecule has 25 heavy (non-hydrogen) atoms. The number of rotatable bonds is 5. The van der Waals surface area contributed by atoms with Crippen molar-refractivity contribution < 1.29 is 14.3 Å². The van der Waals surface area contributed by atoms with E-state index in [9.17, 15) is 4.79 Å². The van der Waals surface area contributed by atoms with Crippen molar-refractivity contribution in [2.75, 3.05) is 6.61 Å². The third-order valence-electron chi connectivity index (χ3n) is 4.04. The lowest BCUT2D eigenvalue weighted by molar-refractivity contribution is 0.104. The van der Waals surface area contributed by atoms with E-state index >= 15 is 0 Å². The lowest BCUT2D eigenvalue weighted by atomic mass is 10.0. The Labute approximate surface area is 147 Å². The Hall–Kier alpha value is -3.06. The molecule has 4 heteroatoms. The molecule has 126 valence electrons. The van der Waals surface area contributed by atoms with Crippen molar-refractivity contribution in [3.8, 4) is 17.6 Å². The number of nitriles is 1.